The van der Waals surface area contributed by atoms with Crippen LogP contribution in [0.15, 0.2) is 84.9 Å². The van der Waals surface area contributed by atoms with Crippen molar-refractivity contribution in [2.45, 2.75) is 97.6 Å². The number of phenols is 1. The highest BCUT2D eigenvalue weighted by Gasteiger charge is 2.42. The van der Waals surface area contributed by atoms with Crippen LogP contribution in [0.3, 0.4) is 0 Å². The fourth-order valence-electron chi connectivity index (χ4n) is 11.0. The van der Waals surface area contributed by atoms with Gasteiger partial charge in [-0.1, -0.05) is 87.5 Å². The number of phenolic OH excluding ortho intramolecular Hbond substituents is 1. The van der Waals surface area contributed by atoms with E-state index in [1.807, 2.05) is 100 Å². The Morgan fingerprint density at radius 2 is 1.66 bits per heavy atom. The van der Waals surface area contributed by atoms with E-state index >= 15 is 4.39 Å². The third-order valence-electron chi connectivity index (χ3n) is 15.2. The predicted octanol–water partition coefficient (Wildman–Crippen LogP) is 8.88. The van der Waals surface area contributed by atoms with Gasteiger partial charge >= 0.3 is 6.01 Å². The molecule has 0 unspecified atom stereocenters. The molecule has 3 aliphatic rings. The van der Waals surface area contributed by atoms with Crippen molar-refractivity contribution in [1.29, 1.82) is 0 Å². The van der Waals surface area contributed by atoms with Crippen LogP contribution in [-0.4, -0.2) is 155 Å². The number of nitrogens with one attached hydrogen (secondary N) is 2. The normalized spacial score (nSPS) is 17.6. The second-order valence-electron chi connectivity index (χ2n) is 22.0. The van der Waals surface area contributed by atoms with Crippen LogP contribution in [0.2, 0.25) is 5.02 Å². The fourth-order valence-corrected chi connectivity index (χ4v) is 12.1. The number of amides is 4. The van der Waals surface area contributed by atoms with Gasteiger partial charge in [0.2, 0.25) is 23.6 Å². The van der Waals surface area contributed by atoms with Crippen molar-refractivity contribution in [3.63, 3.8) is 0 Å². The average Bonchev–Trinajstić information content (AvgIpc) is 4.15. The van der Waals surface area contributed by atoms with Crippen molar-refractivity contribution in [3.05, 3.63) is 107 Å². The molecule has 0 aliphatic carbocycles. The Balaban J connectivity index is 0.749. The van der Waals surface area contributed by atoms with Crippen LogP contribution in [0.5, 0.6) is 11.8 Å². The van der Waals surface area contributed by atoms with Crippen LogP contribution in [0, 0.1) is 18.2 Å². The number of aromatic nitrogens is 3. The van der Waals surface area contributed by atoms with Crippen molar-refractivity contribution in [2.75, 3.05) is 77.1 Å². The molecule has 4 aromatic carbocycles. The molecule has 17 nitrogen and oxygen atoms in total. The Kier molecular flexibility index (Phi) is 18.3. The Bertz CT molecular complexity index is 3230. The lowest BCUT2D eigenvalue weighted by Gasteiger charge is -2.35. The zero-order valence-corrected chi connectivity index (χ0v) is 47.9. The van der Waals surface area contributed by atoms with Gasteiger partial charge in [0.25, 0.3) is 0 Å². The number of carbonyl (C=O) groups is 4. The molecule has 4 amide bonds. The van der Waals surface area contributed by atoms with Gasteiger partial charge in [-0.05, 0) is 104 Å². The van der Waals surface area contributed by atoms with Gasteiger partial charge in [0.1, 0.15) is 41.9 Å². The summed E-state index contributed by atoms with van der Waals surface area (Å²) in [5, 5.41) is 18.7. The van der Waals surface area contributed by atoms with Crippen LogP contribution < -0.4 is 20.3 Å². The first kappa shape index (κ1) is 57.9. The first-order chi connectivity index (χ1) is 38.4. The van der Waals surface area contributed by atoms with E-state index in [4.69, 9.17) is 30.8 Å². The summed E-state index contributed by atoms with van der Waals surface area (Å²) in [6.07, 6.45) is 3.61. The van der Waals surface area contributed by atoms with E-state index in [1.54, 1.807) is 33.3 Å². The number of fused-ring (bicyclic) bond motifs is 2. The van der Waals surface area contributed by atoms with Gasteiger partial charge in [0, 0.05) is 63.3 Å². The number of carbonyl (C=O) groups excluding carboxylic acids is 4. The van der Waals surface area contributed by atoms with E-state index in [1.165, 1.54) is 12.1 Å². The number of hydrogen-bond acceptors (Lipinski definition) is 14. The van der Waals surface area contributed by atoms with E-state index < -0.39 is 35.3 Å². The summed E-state index contributed by atoms with van der Waals surface area (Å²) in [7, 11) is 0. The minimum Gasteiger partial charge on any atom is -0.508 e. The number of aryl methyl sites for hydroxylation is 1. The van der Waals surface area contributed by atoms with Crippen LogP contribution in [0.4, 0.5) is 10.2 Å². The van der Waals surface area contributed by atoms with Gasteiger partial charge in [-0.15, -0.1) is 11.3 Å². The molecule has 4 atom stereocenters. The number of benzene rings is 4. The summed E-state index contributed by atoms with van der Waals surface area (Å²) in [5.41, 5.74) is 4.72. The number of ether oxygens (including phenoxy) is 3. The third-order valence-corrected chi connectivity index (χ3v) is 16.5. The van der Waals surface area contributed by atoms with Gasteiger partial charge in [-0.3, -0.25) is 24.1 Å². The van der Waals surface area contributed by atoms with Crippen molar-refractivity contribution in [1.82, 2.24) is 40.3 Å². The third kappa shape index (κ3) is 13.3. The first-order valence-corrected chi connectivity index (χ1v) is 28.7. The van der Waals surface area contributed by atoms with Gasteiger partial charge in [0.15, 0.2) is 5.82 Å². The Morgan fingerprint density at radius 1 is 0.925 bits per heavy atom. The van der Waals surface area contributed by atoms with Crippen LogP contribution in [-0.2, 0) is 28.7 Å². The predicted molar refractivity (Wildman–Crippen MR) is 309 cm³/mol. The molecule has 2 aromatic heterocycles. The molecule has 6 aromatic rings. The molecule has 0 spiro atoms. The highest BCUT2D eigenvalue weighted by molar-refractivity contribution is 7.13. The zero-order valence-electron chi connectivity index (χ0n) is 46.3. The van der Waals surface area contributed by atoms with E-state index in [-0.39, 0.29) is 77.6 Å². The summed E-state index contributed by atoms with van der Waals surface area (Å²) >= 11 is 8.53. The number of anilines is 1. The summed E-state index contributed by atoms with van der Waals surface area (Å²) in [6.45, 7) is 19.4. The van der Waals surface area contributed by atoms with Gasteiger partial charge in [0.05, 0.1) is 46.5 Å². The molecule has 9 rings (SSSR count). The summed E-state index contributed by atoms with van der Waals surface area (Å²) in [4.78, 5) is 76.1. The number of aromatic hydroxyl groups is 1. The number of halogens is 2. The van der Waals surface area contributed by atoms with Crippen molar-refractivity contribution in [3.8, 4) is 33.3 Å². The summed E-state index contributed by atoms with van der Waals surface area (Å²) in [5.74, 6) is -1.39. The highest BCUT2D eigenvalue weighted by atomic mass is 35.5. The quantitative estimate of drug-likeness (QED) is 0.0515. The zero-order chi connectivity index (χ0) is 56.8. The molecule has 3 aliphatic heterocycles. The Labute approximate surface area is 475 Å². The van der Waals surface area contributed by atoms with Crippen molar-refractivity contribution in [2.24, 2.45) is 5.41 Å². The summed E-state index contributed by atoms with van der Waals surface area (Å²) < 4.78 is 35.5. The molecule has 3 fully saturated rings. The number of hydrogen-bond donors (Lipinski definition) is 3. The van der Waals surface area contributed by atoms with Gasteiger partial charge in [-0.2, -0.15) is 9.97 Å². The molecule has 3 saturated heterocycles. The molecule has 0 saturated carbocycles. The fraction of sp³-hybridized carbons (Fsp3) is 0.450. The molecular weight excluding hydrogens is 1060 g/mol. The molecule has 80 heavy (non-hydrogen) atoms. The average molecular weight is 1130 g/mol. The molecule has 0 bridgehead atoms. The molecule has 20 heteroatoms. The van der Waals surface area contributed by atoms with E-state index in [9.17, 15) is 24.3 Å². The largest absolute Gasteiger partial charge is 0.508 e. The summed E-state index contributed by atoms with van der Waals surface area (Å²) in [6, 6.07) is 18.4. The topological polar surface area (TPSA) is 192 Å². The monoisotopic (exact) mass is 1130 g/mol. The molecule has 5 heterocycles. The lowest BCUT2D eigenvalue weighted by molar-refractivity contribution is -0.144. The first-order valence-electron chi connectivity index (χ1n) is 27.4. The van der Waals surface area contributed by atoms with E-state index in [0.29, 0.717) is 74.3 Å². The standard InChI is InChI=1S/C60H71ClFN9O8S/c1-8-50(74)69-24-26-70(27-25-69)56-46-32-47(61)51(45-31-42(72)30-41-12-9-10-13-44(41)45)52(62)53(46)66-59(67-56)79-36(2)33-68-22-19-43(20-23-68)78-29-28-77-34-49(73)65-55(60(5,6)7)58(76)71-21-11-14-48(71)57(75)64-37(3)39-15-17-40(18-16-39)54-38(4)63-35-80-54/h8-10,12-13,15-18,30-32,35-37,43,48,55,72H,1,11,14,19-29,33-34H2,2-7H3,(H,64,75)(H,65,73)/t36-,37+,48+,55-/m1/s1. The van der Waals surface area contributed by atoms with Crippen LogP contribution >= 0.6 is 22.9 Å². The molecule has 0 radical (unpaired) electrons. The Morgan fingerprint density at radius 3 is 2.36 bits per heavy atom. The van der Waals surface area contributed by atoms with Crippen molar-refractivity contribution < 1.29 is 42.9 Å². The van der Waals surface area contributed by atoms with Gasteiger partial charge in [-0.25, -0.2) is 9.37 Å². The minimum absolute atomic E-state index is 0.00295. The lowest BCUT2D eigenvalue weighted by Crippen LogP contribution is -2.58. The number of piperazine rings is 1. The number of nitrogens with zero attached hydrogens (tertiary/aromatic N) is 7. The number of likely N-dealkylation sites (tertiary alicyclic amines) is 2. The van der Waals surface area contributed by atoms with Gasteiger partial charge < -0.3 is 44.7 Å². The SMILES string of the molecule is C=CC(=O)N1CCN(c2nc(O[C@H](C)CN3CCC(OCCOCC(=O)N[C@H](C(=O)N4CCC[C@H]4C(=O)N[C@@H](C)c4ccc(-c5scnc5C)cc4)C(C)(C)C)CC3)nc3c(F)c(-c4cc(O)cc5ccccc45)c(Cl)cc23)CC1. The molecule has 3 N–H and O–H groups in total. The smallest absolute Gasteiger partial charge is 0.319 e. The van der Waals surface area contributed by atoms with Crippen molar-refractivity contribution >= 4 is 74.1 Å². The number of thiazole rings is 1. The second kappa shape index (κ2) is 25.4. The lowest BCUT2D eigenvalue weighted by atomic mass is 9.85. The van der Waals surface area contributed by atoms with E-state index in [2.05, 4.69) is 32.1 Å². The maximum absolute atomic E-state index is 17.2. The molecule has 424 valence electrons. The molecular formula is C60H71ClFN9O8S. The Hall–Kier alpha value is -6.77. The maximum atomic E-state index is 17.2. The maximum Gasteiger partial charge on any atom is 0.319 e. The highest BCUT2D eigenvalue weighted by Crippen LogP contribution is 2.43. The number of piperidine rings is 1. The second-order valence-corrected chi connectivity index (χ2v) is 23.3. The van der Waals surface area contributed by atoms with E-state index in [0.717, 1.165) is 53.0 Å². The van der Waals surface area contributed by atoms with Crippen LogP contribution in [0.1, 0.15) is 77.6 Å². The minimum atomic E-state index is -0.878. The van der Waals surface area contributed by atoms with Crippen LogP contribution in [0.25, 0.3) is 43.2 Å². The number of rotatable bonds is 19.